The molecule has 1 aromatic heterocycles. The van der Waals surface area contributed by atoms with Gasteiger partial charge in [0.25, 0.3) is 11.6 Å². The quantitative estimate of drug-likeness (QED) is 0.665. The molecule has 2 N–H and O–H groups in total. The van der Waals surface area contributed by atoms with Crippen molar-refractivity contribution in [1.29, 1.82) is 0 Å². The molecule has 10 heteroatoms. The summed E-state index contributed by atoms with van der Waals surface area (Å²) in [7, 11) is 0. The molecule has 0 bridgehead atoms. The highest BCUT2D eigenvalue weighted by Gasteiger charge is 2.30. The van der Waals surface area contributed by atoms with Gasteiger partial charge in [0.2, 0.25) is 0 Å². The normalized spacial score (nSPS) is 10.9. The van der Waals surface area contributed by atoms with Gasteiger partial charge in [0.1, 0.15) is 12.0 Å². The fourth-order valence-corrected chi connectivity index (χ4v) is 1.57. The number of nitro groups is 1. The van der Waals surface area contributed by atoms with E-state index in [4.69, 9.17) is 0 Å². The molecular formula is C13H9F3N4O3. The molecule has 1 aromatic carbocycles. The van der Waals surface area contributed by atoms with Crippen molar-refractivity contribution in [3.63, 3.8) is 0 Å². The number of benzene rings is 1. The van der Waals surface area contributed by atoms with Crippen LogP contribution in [0.3, 0.4) is 0 Å². The van der Waals surface area contributed by atoms with Gasteiger partial charge in [-0.25, -0.2) is 4.98 Å². The van der Waals surface area contributed by atoms with Gasteiger partial charge in [0, 0.05) is 11.6 Å². The topological polar surface area (TPSA) is 97.2 Å². The van der Waals surface area contributed by atoms with E-state index in [0.717, 1.165) is 30.5 Å². The summed E-state index contributed by atoms with van der Waals surface area (Å²) in [6, 6.07) is 6.09. The first kappa shape index (κ1) is 16.2. The second-order valence-electron chi connectivity index (χ2n) is 4.31. The Hall–Kier alpha value is -3.17. The number of carbonyl (C=O) groups is 1. The maximum absolute atomic E-state index is 12.4. The zero-order valence-electron chi connectivity index (χ0n) is 11.3. The Morgan fingerprint density at radius 1 is 1.13 bits per heavy atom. The molecule has 7 nitrogen and oxygen atoms in total. The number of nitrogens with one attached hydrogen (secondary N) is 2. The monoisotopic (exact) mass is 326 g/mol. The number of hydrazine groups is 1. The Balaban J connectivity index is 1.98. The summed E-state index contributed by atoms with van der Waals surface area (Å²) in [5.41, 5.74) is 3.54. The minimum Gasteiger partial charge on any atom is -0.282 e. The van der Waals surface area contributed by atoms with Gasteiger partial charge in [-0.15, -0.1) is 0 Å². The average molecular weight is 326 g/mol. The van der Waals surface area contributed by atoms with E-state index >= 15 is 0 Å². The third-order valence-electron chi connectivity index (χ3n) is 2.74. The van der Waals surface area contributed by atoms with Gasteiger partial charge in [-0.2, -0.15) is 13.2 Å². The number of amides is 1. The molecule has 2 aromatic rings. The van der Waals surface area contributed by atoms with Crippen LogP contribution in [0.25, 0.3) is 0 Å². The number of halogens is 3. The van der Waals surface area contributed by atoms with Crippen molar-refractivity contribution in [2.45, 2.75) is 6.18 Å². The lowest BCUT2D eigenvalue weighted by Gasteiger charge is -2.09. The summed E-state index contributed by atoms with van der Waals surface area (Å²) in [5.74, 6) is -0.547. The van der Waals surface area contributed by atoms with Crippen LogP contribution in [-0.4, -0.2) is 15.8 Å². The Labute approximate surface area is 127 Å². The van der Waals surface area contributed by atoms with Crippen LogP contribution in [0.5, 0.6) is 0 Å². The zero-order valence-corrected chi connectivity index (χ0v) is 11.3. The highest BCUT2D eigenvalue weighted by Crippen LogP contribution is 2.29. The summed E-state index contributed by atoms with van der Waals surface area (Å²) in [6.45, 7) is 0. The van der Waals surface area contributed by atoms with E-state index in [0.29, 0.717) is 0 Å². The van der Waals surface area contributed by atoms with E-state index in [2.05, 4.69) is 15.8 Å². The van der Waals surface area contributed by atoms with E-state index in [1.807, 2.05) is 0 Å². The van der Waals surface area contributed by atoms with Crippen molar-refractivity contribution in [1.82, 2.24) is 10.4 Å². The Bertz CT molecular complexity index is 715. The Kier molecular flexibility index (Phi) is 4.44. The molecule has 1 heterocycles. The molecule has 120 valence electrons. The van der Waals surface area contributed by atoms with Gasteiger partial charge in [-0.3, -0.25) is 25.8 Å². The smallest absolute Gasteiger partial charge is 0.282 e. The van der Waals surface area contributed by atoms with Gasteiger partial charge >= 0.3 is 6.18 Å². The molecule has 0 aliphatic rings. The standard InChI is InChI=1S/C13H9F3N4O3/c14-13(15,16)9-3-1-8(2-4-9)12(21)19-18-11-6-5-10(7-17-11)20(22)23/h1-7H,(H,17,18)(H,19,21). The number of anilines is 1. The van der Waals surface area contributed by atoms with Crippen molar-refractivity contribution in [3.8, 4) is 0 Å². The molecule has 0 aliphatic carbocycles. The molecule has 0 saturated carbocycles. The van der Waals surface area contributed by atoms with Crippen LogP contribution in [-0.2, 0) is 6.18 Å². The predicted octanol–water partition coefficient (Wildman–Crippen LogP) is 2.77. The Morgan fingerprint density at radius 2 is 1.78 bits per heavy atom. The van der Waals surface area contributed by atoms with E-state index in [9.17, 15) is 28.1 Å². The third kappa shape index (κ3) is 4.15. The highest BCUT2D eigenvalue weighted by molar-refractivity contribution is 5.94. The fraction of sp³-hybridized carbons (Fsp3) is 0.0769. The molecule has 0 fully saturated rings. The number of aromatic nitrogens is 1. The maximum atomic E-state index is 12.4. The summed E-state index contributed by atoms with van der Waals surface area (Å²) in [4.78, 5) is 25.3. The number of hydrogen-bond acceptors (Lipinski definition) is 5. The number of hydrogen-bond donors (Lipinski definition) is 2. The second-order valence-corrected chi connectivity index (χ2v) is 4.31. The van der Waals surface area contributed by atoms with Crippen molar-refractivity contribution in [3.05, 3.63) is 63.8 Å². The molecule has 0 atom stereocenters. The fourth-order valence-electron chi connectivity index (χ4n) is 1.57. The molecule has 23 heavy (non-hydrogen) atoms. The van der Waals surface area contributed by atoms with Crippen LogP contribution in [0.2, 0.25) is 0 Å². The van der Waals surface area contributed by atoms with Crippen LogP contribution in [0.1, 0.15) is 15.9 Å². The first-order valence-corrected chi connectivity index (χ1v) is 6.11. The van der Waals surface area contributed by atoms with Gasteiger partial charge in [-0.05, 0) is 30.3 Å². The molecule has 0 radical (unpaired) electrons. The Morgan fingerprint density at radius 3 is 2.26 bits per heavy atom. The number of pyridine rings is 1. The molecule has 1 amide bonds. The number of nitrogens with zero attached hydrogens (tertiary/aromatic N) is 2. The molecule has 0 aliphatic heterocycles. The average Bonchev–Trinajstić information content (AvgIpc) is 2.52. The van der Waals surface area contributed by atoms with Crippen molar-refractivity contribution in [2.75, 3.05) is 5.43 Å². The minimum absolute atomic E-state index is 0.00686. The summed E-state index contributed by atoms with van der Waals surface area (Å²) in [5, 5.41) is 10.5. The molecular weight excluding hydrogens is 317 g/mol. The van der Waals surface area contributed by atoms with E-state index < -0.39 is 22.6 Å². The summed E-state index contributed by atoms with van der Waals surface area (Å²) in [6.07, 6.45) is -3.48. The molecule has 0 spiro atoms. The first-order valence-electron chi connectivity index (χ1n) is 6.11. The van der Waals surface area contributed by atoms with Gasteiger partial charge < -0.3 is 0 Å². The lowest BCUT2D eigenvalue weighted by Crippen LogP contribution is -2.29. The number of alkyl halides is 3. The third-order valence-corrected chi connectivity index (χ3v) is 2.74. The van der Waals surface area contributed by atoms with Crippen LogP contribution >= 0.6 is 0 Å². The van der Waals surface area contributed by atoms with Crippen molar-refractivity contribution < 1.29 is 22.9 Å². The van der Waals surface area contributed by atoms with E-state index in [1.165, 1.54) is 12.1 Å². The van der Waals surface area contributed by atoms with Gasteiger partial charge in [-0.1, -0.05) is 0 Å². The lowest BCUT2D eigenvalue weighted by atomic mass is 10.1. The predicted molar refractivity (Wildman–Crippen MR) is 73.4 cm³/mol. The molecule has 0 saturated heterocycles. The second kappa shape index (κ2) is 6.30. The maximum Gasteiger partial charge on any atom is 0.416 e. The molecule has 2 rings (SSSR count). The lowest BCUT2D eigenvalue weighted by molar-refractivity contribution is -0.385. The van der Waals surface area contributed by atoms with Gasteiger partial charge in [0.05, 0.1) is 10.5 Å². The van der Waals surface area contributed by atoms with Crippen LogP contribution < -0.4 is 10.9 Å². The van der Waals surface area contributed by atoms with Crippen molar-refractivity contribution >= 4 is 17.4 Å². The highest BCUT2D eigenvalue weighted by atomic mass is 19.4. The largest absolute Gasteiger partial charge is 0.416 e. The van der Waals surface area contributed by atoms with Crippen LogP contribution in [0, 0.1) is 10.1 Å². The number of rotatable bonds is 4. The van der Waals surface area contributed by atoms with Crippen LogP contribution in [0.4, 0.5) is 24.7 Å². The minimum atomic E-state index is -4.48. The zero-order chi connectivity index (χ0) is 17.0. The van der Waals surface area contributed by atoms with Crippen molar-refractivity contribution in [2.24, 2.45) is 0 Å². The number of carbonyl (C=O) groups excluding carboxylic acids is 1. The summed E-state index contributed by atoms with van der Waals surface area (Å²) >= 11 is 0. The van der Waals surface area contributed by atoms with Gasteiger partial charge in [0.15, 0.2) is 0 Å². The molecule has 0 unspecified atom stereocenters. The first-order chi connectivity index (χ1) is 10.8. The van der Waals surface area contributed by atoms with E-state index in [1.54, 1.807) is 0 Å². The van der Waals surface area contributed by atoms with E-state index in [-0.39, 0.29) is 17.1 Å². The van der Waals surface area contributed by atoms with Crippen LogP contribution in [0.15, 0.2) is 42.6 Å². The summed E-state index contributed by atoms with van der Waals surface area (Å²) < 4.78 is 37.2. The SMILES string of the molecule is O=C(NNc1ccc([N+](=O)[O-])cn1)c1ccc(C(F)(F)F)cc1.